The number of carbonyl (C=O) groups is 1. The smallest absolute Gasteiger partial charge is 0.294 e. The first kappa shape index (κ1) is 10.3. The molecule has 6 heteroatoms. The second-order valence-corrected chi connectivity index (χ2v) is 1.43. The quantitative estimate of drug-likeness (QED) is 0.387. The highest BCUT2D eigenvalue weighted by atomic mass is 17.2. The van der Waals surface area contributed by atoms with Gasteiger partial charge in [-0.05, 0) is 0 Å². The molecule has 0 aromatic carbocycles. The van der Waals surface area contributed by atoms with E-state index in [1.165, 1.54) is 7.11 Å². The van der Waals surface area contributed by atoms with Gasteiger partial charge in [0.1, 0.15) is 0 Å². The Kier molecular flexibility index (Phi) is 6.37. The van der Waals surface area contributed by atoms with Crippen molar-refractivity contribution in [2.45, 2.75) is 0 Å². The number of nitrogens with zero attached hydrogens (tertiary/aromatic N) is 2. The summed E-state index contributed by atoms with van der Waals surface area (Å²) < 4.78 is 0. The predicted octanol–water partition coefficient (Wildman–Crippen LogP) is 0.0817. The second-order valence-electron chi connectivity index (χ2n) is 1.43. The molecule has 0 aliphatic heterocycles. The Morgan fingerprint density at radius 3 is 2.33 bits per heavy atom. The molecule has 1 aromatic heterocycles. The van der Waals surface area contributed by atoms with Crippen LogP contribution < -0.4 is 0 Å². The van der Waals surface area contributed by atoms with Crippen LogP contribution in [0.3, 0.4) is 0 Å². The van der Waals surface area contributed by atoms with E-state index < -0.39 is 5.97 Å². The van der Waals surface area contributed by atoms with Gasteiger partial charge in [-0.15, -0.1) is 0 Å². The van der Waals surface area contributed by atoms with Crippen LogP contribution in [0.5, 0.6) is 0 Å². The molecular weight excluding hydrogens is 162 g/mol. The van der Waals surface area contributed by atoms with Gasteiger partial charge in [0.05, 0.1) is 19.5 Å². The van der Waals surface area contributed by atoms with Gasteiger partial charge in [-0.3, -0.25) is 4.89 Å². The standard InChI is InChI=1S/C4H6O3.C2H3N3/c1-3-4(5)7-6-2;1-2-4-5-3-1/h3H,1H2,2H3;1-2H,(H,3,4,5). The zero-order chi connectivity index (χ0) is 9.23. The van der Waals surface area contributed by atoms with E-state index in [0.29, 0.717) is 0 Å². The lowest BCUT2D eigenvalue weighted by Crippen LogP contribution is -1.96. The number of carbonyl (C=O) groups excluding carboxylic acids is 1. The number of hydrogen-bond donors (Lipinski definition) is 1. The summed E-state index contributed by atoms with van der Waals surface area (Å²) in [5, 5.41) is 9.33. The molecule has 1 heterocycles. The molecule has 0 amide bonds. The molecule has 0 radical (unpaired) electrons. The van der Waals surface area contributed by atoms with Crippen molar-refractivity contribution in [1.29, 1.82) is 0 Å². The largest absolute Gasteiger partial charge is 0.365 e. The summed E-state index contributed by atoms with van der Waals surface area (Å²) in [5.74, 6) is -0.581. The lowest BCUT2D eigenvalue weighted by atomic mass is 10.7. The fourth-order valence-electron chi connectivity index (χ4n) is 0.283. The molecule has 66 valence electrons. The van der Waals surface area contributed by atoms with Gasteiger partial charge in [0.2, 0.25) is 0 Å². The molecule has 0 spiro atoms. The normalized spacial score (nSPS) is 7.75. The van der Waals surface area contributed by atoms with Crippen molar-refractivity contribution in [2.75, 3.05) is 7.11 Å². The van der Waals surface area contributed by atoms with E-state index in [1.807, 2.05) is 0 Å². The summed E-state index contributed by atoms with van der Waals surface area (Å²) in [6.45, 7) is 3.12. The van der Waals surface area contributed by atoms with Crippen LogP contribution in [0.25, 0.3) is 0 Å². The van der Waals surface area contributed by atoms with Gasteiger partial charge < -0.3 is 0 Å². The average molecular weight is 171 g/mol. The molecule has 0 saturated carbocycles. The van der Waals surface area contributed by atoms with Crippen LogP contribution in [0.4, 0.5) is 0 Å². The van der Waals surface area contributed by atoms with Crippen molar-refractivity contribution >= 4 is 5.97 Å². The summed E-state index contributed by atoms with van der Waals surface area (Å²) in [6.07, 6.45) is 4.18. The highest BCUT2D eigenvalue weighted by Crippen LogP contribution is 1.74. The SMILES string of the molecule is C=CC(=O)OOC.c1cn[nH]n1. The van der Waals surface area contributed by atoms with Gasteiger partial charge in [0.15, 0.2) is 0 Å². The molecule has 1 rings (SSSR count). The van der Waals surface area contributed by atoms with Crippen LogP contribution in [0.2, 0.25) is 0 Å². The fourth-order valence-corrected chi connectivity index (χ4v) is 0.283. The fraction of sp³-hybridized carbons (Fsp3) is 0.167. The molecule has 6 nitrogen and oxygen atoms in total. The van der Waals surface area contributed by atoms with Crippen molar-refractivity contribution in [1.82, 2.24) is 15.4 Å². The molecule has 0 bridgehead atoms. The van der Waals surface area contributed by atoms with Crippen LogP contribution in [-0.2, 0) is 14.6 Å². The van der Waals surface area contributed by atoms with Crippen molar-refractivity contribution in [3.05, 3.63) is 25.0 Å². The summed E-state index contributed by atoms with van der Waals surface area (Å²) in [5.41, 5.74) is 0. The maximum Gasteiger partial charge on any atom is 0.365 e. The highest BCUT2D eigenvalue weighted by Gasteiger charge is 1.88. The van der Waals surface area contributed by atoms with Gasteiger partial charge in [0, 0.05) is 6.08 Å². The number of aromatic amines is 1. The first-order valence-corrected chi connectivity index (χ1v) is 2.98. The van der Waals surface area contributed by atoms with E-state index in [0.717, 1.165) is 6.08 Å². The maximum absolute atomic E-state index is 9.95. The Labute approximate surface area is 69.1 Å². The zero-order valence-corrected chi connectivity index (χ0v) is 6.56. The summed E-state index contributed by atoms with van der Waals surface area (Å²) in [7, 11) is 1.25. The molecule has 0 aliphatic carbocycles. The molecule has 0 saturated heterocycles. The van der Waals surface area contributed by atoms with Crippen LogP contribution in [-0.4, -0.2) is 28.5 Å². The molecule has 0 aliphatic rings. The predicted molar refractivity (Wildman–Crippen MR) is 39.7 cm³/mol. The van der Waals surface area contributed by atoms with Gasteiger partial charge in [0.25, 0.3) is 0 Å². The van der Waals surface area contributed by atoms with E-state index >= 15 is 0 Å². The van der Waals surface area contributed by atoms with E-state index in [1.54, 1.807) is 12.4 Å². The van der Waals surface area contributed by atoms with Crippen molar-refractivity contribution in [2.24, 2.45) is 0 Å². The third-order valence-electron chi connectivity index (χ3n) is 0.663. The minimum absolute atomic E-state index is 0.581. The summed E-state index contributed by atoms with van der Waals surface area (Å²) >= 11 is 0. The Hall–Kier alpha value is -1.69. The van der Waals surface area contributed by atoms with E-state index in [9.17, 15) is 4.79 Å². The van der Waals surface area contributed by atoms with Gasteiger partial charge in [-0.2, -0.15) is 20.3 Å². The lowest BCUT2D eigenvalue weighted by molar-refractivity contribution is -0.249. The number of rotatable bonds is 2. The molecule has 0 fully saturated rings. The Morgan fingerprint density at radius 2 is 2.17 bits per heavy atom. The lowest BCUT2D eigenvalue weighted by Gasteiger charge is -1.88. The second kappa shape index (κ2) is 7.42. The summed E-state index contributed by atoms with van der Waals surface area (Å²) in [6, 6.07) is 0. The number of hydrogen-bond acceptors (Lipinski definition) is 5. The topological polar surface area (TPSA) is 77.1 Å². The van der Waals surface area contributed by atoms with Crippen LogP contribution in [0, 0.1) is 0 Å². The van der Waals surface area contributed by atoms with Crippen molar-refractivity contribution < 1.29 is 14.6 Å². The van der Waals surface area contributed by atoms with Crippen LogP contribution in [0.1, 0.15) is 0 Å². The summed E-state index contributed by atoms with van der Waals surface area (Å²) in [4.78, 5) is 17.9. The number of H-pyrrole nitrogens is 1. The average Bonchev–Trinajstić information content (AvgIpc) is 2.62. The third kappa shape index (κ3) is 6.43. The molecule has 1 aromatic rings. The van der Waals surface area contributed by atoms with E-state index in [-0.39, 0.29) is 0 Å². The number of nitrogens with one attached hydrogen (secondary N) is 1. The van der Waals surface area contributed by atoms with E-state index in [2.05, 4.69) is 31.8 Å². The minimum Gasteiger partial charge on any atom is -0.294 e. The van der Waals surface area contributed by atoms with Crippen LogP contribution in [0.15, 0.2) is 25.0 Å². The molecule has 12 heavy (non-hydrogen) atoms. The van der Waals surface area contributed by atoms with Crippen LogP contribution >= 0.6 is 0 Å². The molecule has 0 unspecified atom stereocenters. The molecular formula is C6H9N3O3. The van der Waals surface area contributed by atoms with Gasteiger partial charge in [-0.1, -0.05) is 6.58 Å². The van der Waals surface area contributed by atoms with E-state index in [4.69, 9.17) is 0 Å². The minimum atomic E-state index is -0.581. The monoisotopic (exact) mass is 171 g/mol. The Morgan fingerprint density at radius 1 is 1.58 bits per heavy atom. The first-order chi connectivity index (χ1) is 5.81. The zero-order valence-electron chi connectivity index (χ0n) is 6.56. The number of aromatic nitrogens is 3. The first-order valence-electron chi connectivity index (χ1n) is 2.98. The van der Waals surface area contributed by atoms with Gasteiger partial charge >= 0.3 is 5.97 Å². The highest BCUT2D eigenvalue weighted by molar-refractivity contribution is 5.80. The Bertz CT molecular complexity index is 193. The van der Waals surface area contributed by atoms with Gasteiger partial charge in [-0.25, -0.2) is 4.79 Å². The maximum atomic E-state index is 9.95. The molecule has 0 atom stereocenters. The van der Waals surface area contributed by atoms with Crippen molar-refractivity contribution in [3.63, 3.8) is 0 Å². The molecule has 1 N–H and O–H groups in total. The third-order valence-corrected chi connectivity index (χ3v) is 0.663. The Balaban J connectivity index is 0.000000211. The van der Waals surface area contributed by atoms with Crippen molar-refractivity contribution in [3.8, 4) is 0 Å².